The molecule has 0 N–H and O–H groups in total. The number of carbonyl (C=O) groups excluding carboxylic acids is 2. The van der Waals surface area contributed by atoms with Gasteiger partial charge >= 0.3 is 11.9 Å². The molecule has 25 heavy (non-hydrogen) atoms. The number of rotatable bonds is 9. The lowest BCUT2D eigenvalue weighted by molar-refractivity contribution is -0.163. The minimum Gasteiger partial charge on any atom is -0.465 e. The van der Waals surface area contributed by atoms with Crippen LogP contribution in [0.4, 0.5) is 0 Å². The highest BCUT2D eigenvalue weighted by Gasteiger charge is 2.38. The lowest BCUT2D eigenvalue weighted by atomic mass is 9.79. The minimum atomic E-state index is -0.293. The Hall–Kier alpha value is -1.06. The molecule has 4 heteroatoms. The SMILES string of the molecule is CCCCCCOC(=O)C1CCCCC1C(=O)OCC1CCCCC1. The maximum Gasteiger partial charge on any atom is 0.309 e. The Kier molecular flexibility index (Phi) is 9.35. The number of esters is 2. The van der Waals surface area contributed by atoms with Crippen LogP contribution in [-0.4, -0.2) is 25.2 Å². The Bertz CT molecular complexity index is 401. The van der Waals surface area contributed by atoms with E-state index in [1.165, 1.54) is 44.9 Å². The summed E-state index contributed by atoms with van der Waals surface area (Å²) in [6.07, 6.45) is 14.0. The molecule has 2 atom stereocenters. The molecule has 2 fully saturated rings. The van der Waals surface area contributed by atoms with Gasteiger partial charge in [0.15, 0.2) is 0 Å². The van der Waals surface area contributed by atoms with E-state index in [0.29, 0.717) is 19.1 Å². The molecule has 2 aliphatic carbocycles. The first-order valence-corrected chi connectivity index (χ1v) is 10.6. The van der Waals surface area contributed by atoms with E-state index in [1.54, 1.807) is 0 Å². The number of ether oxygens (including phenoxy) is 2. The number of carbonyl (C=O) groups is 2. The van der Waals surface area contributed by atoms with E-state index < -0.39 is 0 Å². The third-order valence-corrected chi connectivity index (χ3v) is 5.80. The van der Waals surface area contributed by atoms with Crippen LogP contribution < -0.4 is 0 Å². The van der Waals surface area contributed by atoms with Gasteiger partial charge < -0.3 is 9.47 Å². The molecular weight excluding hydrogens is 316 g/mol. The van der Waals surface area contributed by atoms with Gasteiger partial charge in [0.05, 0.1) is 25.0 Å². The lowest BCUT2D eigenvalue weighted by Gasteiger charge is -2.29. The van der Waals surface area contributed by atoms with E-state index >= 15 is 0 Å². The second-order valence-electron chi connectivity index (χ2n) is 7.86. The van der Waals surface area contributed by atoms with Crippen LogP contribution in [-0.2, 0) is 19.1 Å². The van der Waals surface area contributed by atoms with Gasteiger partial charge in [0.25, 0.3) is 0 Å². The van der Waals surface area contributed by atoms with Crippen molar-refractivity contribution in [2.45, 2.75) is 90.4 Å². The molecule has 0 aromatic carbocycles. The topological polar surface area (TPSA) is 52.6 Å². The first-order valence-electron chi connectivity index (χ1n) is 10.6. The Morgan fingerprint density at radius 1 is 0.760 bits per heavy atom. The summed E-state index contributed by atoms with van der Waals surface area (Å²) in [5.74, 6) is -0.418. The molecule has 0 amide bonds. The van der Waals surface area contributed by atoms with Crippen molar-refractivity contribution in [3.05, 3.63) is 0 Å². The third kappa shape index (κ3) is 6.99. The van der Waals surface area contributed by atoms with Crippen LogP contribution in [0, 0.1) is 17.8 Å². The molecule has 0 radical (unpaired) electrons. The molecule has 0 aromatic heterocycles. The molecule has 0 aromatic rings. The molecular formula is C21H36O4. The van der Waals surface area contributed by atoms with Crippen molar-refractivity contribution in [3.8, 4) is 0 Å². The van der Waals surface area contributed by atoms with Gasteiger partial charge in [0.2, 0.25) is 0 Å². The van der Waals surface area contributed by atoms with E-state index in [4.69, 9.17) is 9.47 Å². The molecule has 0 spiro atoms. The molecule has 2 saturated carbocycles. The Balaban J connectivity index is 1.75. The Labute approximate surface area is 153 Å². The van der Waals surface area contributed by atoms with Gasteiger partial charge in [-0.05, 0) is 38.0 Å². The average molecular weight is 353 g/mol. The number of hydrogen-bond acceptors (Lipinski definition) is 4. The zero-order valence-corrected chi connectivity index (χ0v) is 16.0. The summed E-state index contributed by atoms with van der Waals surface area (Å²) >= 11 is 0. The molecule has 144 valence electrons. The van der Waals surface area contributed by atoms with Crippen molar-refractivity contribution in [2.75, 3.05) is 13.2 Å². The number of unbranched alkanes of at least 4 members (excludes halogenated alkanes) is 3. The van der Waals surface area contributed by atoms with Crippen LogP contribution in [0.15, 0.2) is 0 Å². The van der Waals surface area contributed by atoms with Gasteiger partial charge in [0.1, 0.15) is 0 Å². The Morgan fingerprint density at radius 2 is 1.36 bits per heavy atom. The van der Waals surface area contributed by atoms with Gasteiger partial charge in [-0.15, -0.1) is 0 Å². The van der Waals surface area contributed by atoms with Crippen molar-refractivity contribution in [1.29, 1.82) is 0 Å². The molecule has 0 heterocycles. The smallest absolute Gasteiger partial charge is 0.309 e. The molecule has 0 aliphatic heterocycles. The van der Waals surface area contributed by atoms with Gasteiger partial charge in [-0.3, -0.25) is 9.59 Å². The lowest BCUT2D eigenvalue weighted by Crippen LogP contribution is -2.35. The summed E-state index contributed by atoms with van der Waals surface area (Å²) in [5, 5.41) is 0. The summed E-state index contributed by atoms with van der Waals surface area (Å²) < 4.78 is 11.1. The maximum atomic E-state index is 12.5. The van der Waals surface area contributed by atoms with Gasteiger partial charge in [-0.2, -0.15) is 0 Å². The van der Waals surface area contributed by atoms with Crippen LogP contribution in [0.5, 0.6) is 0 Å². The van der Waals surface area contributed by atoms with Gasteiger partial charge in [-0.1, -0.05) is 58.3 Å². The minimum absolute atomic E-state index is 0.168. The van der Waals surface area contributed by atoms with E-state index in [2.05, 4.69) is 6.92 Å². The van der Waals surface area contributed by atoms with Crippen LogP contribution in [0.2, 0.25) is 0 Å². The summed E-state index contributed by atoms with van der Waals surface area (Å²) in [6, 6.07) is 0. The molecule has 2 aliphatic rings. The highest BCUT2D eigenvalue weighted by molar-refractivity contribution is 5.82. The summed E-state index contributed by atoms with van der Waals surface area (Å²) in [5.41, 5.74) is 0. The normalized spacial score (nSPS) is 24.7. The standard InChI is InChI=1S/C21H36O4/c1-2-3-4-10-15-24-20(22)18-13-8-9-14-19(18)21(23)25-16-17-11-6-5-7-12-17/h17-19H,2-16H2,1H3. The molecule has 2 rings (SSSR count). The fourth-order valence-corrected chi connectivity index (χ4v) is 4.16. The van der Waals surface area contributed by atoms with E-state index in [0.717, 1.165) is 38.5 Å². The second-order valence-corrected chi connectivity index (χ2v) is 7.86. The van der Waals surface area contributed by atoms with Crippen molar-refractivity contribution in [1.82, 2.24) is 0 Å². The first kappa shape index (κ1) is 20.3. The monoisotopic (exact) mass is 352 g/mol. The van der Waals surface area contributed by atoms with Crippen molar-refractivity contribution in [2.24, 2.45) is 17.8 Å². The van der Waals surface area contributed by atoms with Crippen LogP contribution in [0.25, 0.3) is 0 Å². The van der Waals surface area contributed by atoms with E-state index in [-0.39, 0.29) is 23.8 Å². The molecule has 2 unspecified atom stereocenters. The van der Waals surface area contributed by atoms with E-state index in [1.807, 2.05) is 0 Å². The van der Waals surface area contributed by atoms with Crippen molar-refractivity contribution in [3.63, 3.8) is 0 Å². The summed E-state index contributed by atoms with van der Waals surface area (Å²) in [7, 11) is 0. The van der Waals surface area contributed by atoms with E-state index in [9.17, 15) is 9.59 Å². The fraction of sp³-hybridized carbons (Fsp3) is 0.905. The molecule has 4 nitrogen and oxygen atoms in total. The predicted octanol–water partition coefficient (Wildman–Crippen LogP) is 5.04. The maximum absolute atomic E-state index is 12.5. The van der Waals surface area contributed by atoms with Crippen LogP contribution in [0.3, 0.4) is 0 Å². The largest absolute Gasteiger partial charge is 0.465 e. The number of hydrogen-bond donors (Lipinski definition) is 0. The molecule has 0 saturated heterocycles. The predicted molar refractivity (Wildman–Crippen MR) is 98.1 cm³/mol. The van der Waals surface area contributed by atoms with Crippen molar-refractivity contribution >= 4 is 11.9 Å². The first-order chi connectivity index (χ1) is 12.2. The highest BCUT2D eigenvalue weighted by atomic mass is 16.5. The van der Waals surface area contributed by atoms with Gasteiger partial charge in [0, 0.05) is 0 Å². The van der Waals surface area contributed by atoms with Crippen LogP contribution >= 0.6 is 0 Å². The zero-order valence-electron chi connectivity index (χ0n) is 16.0. The van der Waals surface area contributed by atoms with Crippen LogP contribution in [0.1, 0.15) is 90.4 Å². The Morgan fingerprint density at radius 3 is 2.00 bits per heavy atom. The fourth-order valence-electron chi connectivity index (χ4n) is 4.16. The van der Waals surface area contributed by atoms with Crippen molar-refractivity contribution < 1.29 is 19.1 Å². The summed E-state index contributed by atoms with van der Waals surface area (Å²) in [4.78, 5) is 25.0. The second kappa shape index (κ2) is 11.5. The summed E-state index contributed by atoms with van der Waals surface area (Å²) in [6.45, 7) is 3.19. The quantitative estimate of drug-likeness (QED) is 0.431. The third-order valence-electron chi connectivity index (χ3n) is 5.80. The van der Waals surface area contributed by atoms with Gasteiger partial charge in [-0.25, -0.2) is 0 Å². The zero-order chi connectivity index (χ0) is 17.9. The molecule has 0 bridgehead atoms. The highest BCUT2D eigenvalue weighted by Crippen LogP contribution is 2.33. The average Bonchev–Trinajstić information content (AvgIpc) is 2.66.